The van der Waals surface area contributed by atoms with Crippen LogP contribution in [0.15, 0.2) is 18.2 Å². The van der Waals surface area contributed by atoms with Crippen LogP contribution in [0, 0.1) is 5.92 Å². The Morgan fingerprint density at radius 2 is 1.87 bits per heavy atom. The van der Waals surface area contributed by atoms with Crippen LogP contribution in [0.2, 0.25) is 0 Å². The van der Waals surface area contributed by atoms with Gasteiger partial charge < -0.3 is 19.5 Å². The summed E-state index contributed by atoms with van der Waals surface area (Å²) < 4.78 is 5.55. The number of carbonyl (C=O) groups is 2. The third-order valence-corrected chi connectivity index (χ3v) is 5.82. The summed E-state index contributed by atoms with van der Waals surface area (Å²) in [6.45, 7) is 14.6. The highest BCUT2D eigenvalue weighted by molar-refractivity contribution is 5.99. The molecule has 4 rings (SSSR count). The lowest BCUT2D eigenvalue weighted by molar-refractivity contribution is 0.0224. The Morgan fingerprint density at radius 3 is 2.55 bits per heavy atom. The number of ether oxygens (including phenoxy) is 1. The van der Waals surface area contributed by atoms with Gasteiger partial charge in [-0.2, -0.15) is 0 Å². The van der Waals surface area contributed by atoms with E-state index in [1.807, 2.05) is 57.7 Å². The second-order valence-corrected chi connectivity index (χ2v) is 9.49. The van der Waals surface area contributed by atoms with Gasteiger partial charge in [-0.15, -0.1) is 0 Å². The lowest BCUT2D eigenvalue weighted by atomic mass is 9.99. The maximum Gasteiger partial charge on any atom is 0.410 e. The molecule has 2 aliphatic rings. The normalized spacial score (nSPS) is 18.8. The number of aromatic nitrogens is 1. The molecule has 1 unspecified atom stereocenters. The summed E-state index contributed by atoms with van der Waals surface area (Å²) >= 11 is 0. The predicted octanol–water partition coefficient (Wildman–Crippen LogP) is 5.36. The number of piperidine rings is 1. The van der Waals surface area contributed by atoms with E-state index < -0.39 is 5.60 Å². The first kappa shape index (κ1) is 23.2. The van der Waals surface area contributed by atoms with Crippen molar-refractivity contribution in [1.82, 2.24) is 14.8 Å². The van der Waals surface area contributed by atoms with Crippen LogP contribution in [0.3, 0.4) is 0 Å². The summed E-state index contributed by atoms with van der Waals surface area (Å²) in [5.74, 6) is 0.659. The third kappa shape index (κ3) is 5.23. The molecule has 0 bridgehead atoms. The van der Waals surface area contributed by atoms with Crippen molar-refractivity contribution in [1.29, 1.82) is 0 Å². The number of aromatic amines is 1. The molecule has 0 aliphatic carbocycles. The largest absolute Gasteiger partial charge is 0.444 e. The quantitative estimate of drug-likeness (QED) is 0.666. The fourth-order valence-electron chi connectivity index (χ4n) is 4.39. The summed E-state index contributed by atoms with van der Waals surface area (Å²) in [5, 5.41) is 1.03. The number of likely N-dealkylation sites (tertiary alicyclic amines) is 1. The Bertz CT molecular complexity index is 941. The molecule has 1 saturated heterocycles. The first-order valence-corrected chi connectivity index (χ1v) is 11.6. The van der Waals surface area contributed by atoms with Gasteiger partial charge in [-0.25, -0.2) is 4.79 Å². The summed E-state index contributed by atoms with van der Waals surface area (Å²) in [5.41, 5.74) is 3.48. The van der Waals surface area contributed by atoms with Gasteiger partial charge >= 0.3 is 6.09 Å². The molecule has 2 aromatic rings. The van der Waals surface area contributed by atoms with E-state index in [4.69, 9.17) is 4.74 Å². The molecule has 170 valence electrons. The second-order valence-electron chi connectivity index (χ2n) is 9.49. The Hall–Kier alpha value is -2.50. The summed E-state index contributed by atoms with van der Waals surface area (Å²) in [4.78, 5) is 32.8. The number of nitrogens with zero attached hydrogens (tertiary/aromatic N) is 2. The Kier molecular flexibility index (Phi) is 6.97. The highest BCUT2D eigenvalue weighted by Gasteiger charge is 2.28. The molecule has 1 aromatic heterocycles. The highest BCUT2D eigenvalue weighted by atomic mass is 16.6. The minimum atomic E-state index is -0.511. The molecule has 1 N–H and O–H groups in total. The standard InChI is InChI=1S/C23H31N3O3.C2H6/c1-15-6-5-10-25(13-15)21(27)16-7-8-19-17(12-16)18-14-26(11-9-20(18)24-19)22(28)29-23(2,3)4;1-2/h7-8,12,15,24H,5-6,9-11,13-14H2,1-4H3;1-2H3. The van der Waals surface area contributed by atoms with Crippen LogP contribution in [0.1, 0.15) is 76.0 Å². The topological polar surface area (TPSA) is 65.6 Å². The van der Waals surface area contributed by atoms with Crippen molar-refractivity contribution in [3.63, 3.8) is 0 Å². The number of carbonyl (C=O) groups excluding carboxylic acids is 2. The minimum Gasteiger partial charge on any atom is -0.444 e. The summed E-state index contributed by atoms with van der Waals surface area (Å²) in [6, 6.07) is 5.90. The average molecular weight is 428 g/mol. The van der Waals surface area contributed by atoms with E-state index in [0.717, 1.165) is 53.7 Å². The number of nitrogens with one attached hydrogen (secondary N) is 1. The van der Waals surface area contributed by atoms with E-state index in [1.54, 1.807) is 4.90 Å². The lowest BCUT2D eigenvalue weighted by Gasteiger charge is -2.31. The number of amides is 2. The van der Waals surface area contributed by atoms with Crippen LogP contribution in [0.5, 0.6) is 0 Å². The van der Waals surface area contributed by atoms with Gasteiger partial charge in [0.05, 0.1) is 6.54 Å². The number of fused-ring (bicyclic) bond motifs is 3. The Morgan fingerprint density at radius 1 is 1.13 bits per heavy atom. The summed E-state index contributed by atoms with van der Waals surface area (Å²) in [6.07, 6.45) is 2.73. The fraction of sp³-hybridized carbons (Fsp3) is 0.600. The lowest BCUT2D eigenvalue weighted by Crippen LogP contribution is -2.39. The van der Waals surface area contributed by atoms with E-state index in [2.05, 4.69) is 11.9 Å². The van der Waals surface area contributed by atoms with Crippen LogP contribution in [-0.2, 0) is 17.7 Å². The first-order chi connectivity index (χ1) is 14.7. The molecule has 6 heteroatoms. The van der Waals surface area contributed by atoms with Gasteiger partial charge in [0.15, 0.2) is 0 Å². The number of H-pyrrole nitrogens is 1. The SMILES string of the molecule is CC.CC1CCCN(C(=O)c2ccc3[nH]c4c(c3c2)CN(C(=O)OC(C)(C)C)CC4)C1. The first-order valence-electron chi connectivity index (χ1n) is 11.6. The fourth-order valence-corrected chi connectivity index (χ4v) is 4.39. The van der Waals surface area contributed by atoms with Crippen molar-refractivity contribution in [3.8, 4) is 0 Å². The highest BCUT2D eigenvalue weighted by Crippen LogP contribution is 2.30. The predicted molar refractivity (Wildman–Crippen MR) is 124 cm³/mol. The van der Waals surface area contributed by atoms with Gasteiger partial charge in [0.2, 0.25) is 0 Å². The average Bonchev–Trinajstić information content (AvgIpc) is 3.10. The van der Waals surface area contributed by atoms with E-state index in [1.165, 1.54) is 6.42 Å². The number of hydrogen-bond acceptors (Lipinski definition) is 3. The molecule has 0 saturated carbocycles. The molecule has 2 amide bonds. The van der Waals surface area contributed by atoms with Crippen LogP contribution >= 0.6 is 0 Å². The van der Waals surface area contributed by atoms with Crippen molar-refractivity contribution in [2.75, 3.05) is 19.6 Å². The van der Waals surface area contributed by atoms with Crippen molar-refractivity contribution >= 4 is 22.9 Å². The molecule has 1 atom stereocenters. The zero-order chi connectivity index (χ0) is 22.8. The monoisotopic (exact) mass is 427 g/mol. The maximum absolute atomic E-state index is 13.0. The molecule has 3 heterocycles. The molecule has 0 radical (unpaired) electrons. The van der Waals surface area contributed by atoms with E-state index in [9.17, 15) is 9.59 Å². The summed E-state index contributed by atoms with van der Waals surface area (Å²) in [7, 11) is 0. The molecule has 1 fully saturated rings. The van der Waals surface area contributed by atoms with Gasteiger partial charge in [0.25, 0.3) is 5.91 Å². The maximum atomic E-state index is 13.0. The number of rotatable bonds is 1. The number of hydrogen-bond donors (Lipinski definition) is 1. The molecule has 2 aliphatic heterocycles. The van der Waals surface area contributed by atoms with Gasteiger partial charge in [-0.3, -0.25) is 4.79 Å². The van der Waals surface area contributed by atoms with Crippen LogP contribution < -0.4 is 0 Å². The smallest absolute Gasteiger partial charge is 0.410 e. The van der Waals surface area contributed by atoms with E-state index in [0.29, 0.717) is 19.0 Å². The van der Waals surface area contributed by atoms with E-state index >= 15 is 0 Å². The van der Waals surface area contributed by atoms with Gasteiger partial charge in [0, 0.05) is 53.8 Å². The van der Waals surface area contributed by atoms with Gasteiger partial charge in [0.1, 0.15) is 5.60 Å². The molecular formula is C25H37N3O3. The van der Waals surface area contributed by atoms with Crippen molar-refractivity contribution in [3.05, 3.63) is 35.0 Å². The molecule has 6 nitrogen and oxygen atoms in total. The minimum absolute atomic E-state index is 0.105. The van der Waals surface area contributed by atoms with Crippen LogP contribution in [0.25, 0.3) is 10.9 Å². The molecular weight excluding hydrogens is 390 g/mol. The van der Waals surface area contributed by atoms with Crippen LogP contribution in [-0.4, -0.2) is 52.0 Å². The zero-order valence-corrected chi connectivity index (χ0v) is 19.9. The van der Waals surface area contributed by atoms with Gasteiger partial charge in [-0.05, 0) is 57.7 Å². The zero-order valence-electron chi connectivity index (χ0n) is 19.9. The van der Waals surface area contributed by atoms with Crippen molar-refractivity contribution < 1.29 is 14.3 Å². The number of benzene rings is 1. The second kappa shape index (κ2) is 9.33. The van der Waals surface area contributed by atoms with Crippen LogP contribution in [0.4, 0.5) is 4.79 Å². The van der Waals surface area contributed by atoms with E-state index in [-0.39, 0.29) is 12.0 Å². The van der Waals surface area contributed by atoms with Crippen molar-refractivity contribution in [2.24, 2.45) is 5.92 Å². The van der Waals surface area contributed by atoms with Gasteiger partial charge in [-0.1, -0.05) is 20.8 Å². The third-order valence-electron chi connectivity index (χ3n) is 5.82. The Labute approximate surface area is 185 Å². The molecule has 31 heavy (non-hydrogen) atoms. The van der Waals surface area contributed by atoms with Crippen molar-refractivity contribution in [2.45, 2.75) is 73.0 Å². The Balaban J connectivity index is 0.00000132. The molecule has 0 spiro atoms. The molecule has 1 aromatic carbocycles.